The summed E-state index contributed by atoms with van der Waals surface area (Å²) in [7, 11) is 0. The van der Waals surface area contributed by atoms with E-state index in [1.54, 1.807) is 37.3 Å². The van der Waals surface area contributed by atoms with Crippen LogP contribution >= 0.6 is 0 Å². The minimum atomic E-state index is -0.633. The third kappa shape index (κ3) is 4.60. The first-order valence-electron chi connectivity index (χ1n) is 9.59. The highest BCUT2D eigenvalue weighted by molar-refractivity contribution is 5.92. The van der Waals surface area contributed by atoms with E-state index < -0.39 is 16.3 Å². The Morgan fingerprint density at radius 2 is 1.97 bits per heavy atom. The lowest BCUT2D eigenvalue weighted by Crippen LogP contribution is -2.36. The average molecular weight is 429 g/mol. The predicted octanol–water partition coefficient (Wildman–Crippen LogP) is 3.15. The fourth-order valence-electron chi connectivity index (χ4n) is 3.17. The zero-order valence-electron chi connectivity index (χ0n) is 17.3. The molecule has 0 spiro atoms. The molecule has 0 saturated heterocycles. The van der Waals surface area contributed by atoms with Crippen LogP contribution in [0.4, 0.5) is 5.69 Å². The molecule has 3 aromatic rings. The number of benzene rings is 2. The zero-order chi connectivity index (χ0) is 23.3. The predicted molar refractivity (Wildman–Crippen MR) is 117 cm³/mol. The summed E-state index contributed by atoms with van der Waals surface area (Å²) in [6, 6.07) is 15.9. The average Bonchev–Trinajstić information content (AvgIpc) is 2.79. The molecule has 1 amide bonds. The molecule has 0 aliphatic carbocycles. The molecule has 3 rings (SSSR count). The van der Waals surface area contributed by atoms with Gasteiger partial charge in [-0.3, -0.25) is 19.7 Å². The molecule has 0 aliphatic heterocycles. The van der Waals surface area contributed by atoms with Crippen LogP contribution < -0.4 is 5.43 Å². The molecule has 0 unspecified atom stereocenters. The molecule has 0 radical (unpaired) electrons. The van der Waals surface area contributed by atoms with Crippen LogP contribution in [-0.2, 0) is 6.54 Å². The van der Waals surface area contributed by atoms with Gasteiger partial charge in [0, 0.05) is 30.9 Å². The molecule has 1 aromatic heterocycles. The molecular formula is C23H19N5O4. The van der Waals surface area contributed by atoms with Crippen LogP contribution in [0.1, 0.15) is 27.3 Å². The second-order valence-electron chi connectivity index (χ2n) is 6.94. The third-order valence-electron chi connectivity index (χ3n) is 4.71. The van der Waals surface area contributed by atoms with Crippen LogP contribution in [0, 0.1) is 28.4 Å². The van der Waals surface area contributed by atoms with E-state index in [-0.39, 0.29) is 30.2 Å². The smallest absolute Gasteiger partial charge is 0.294 e. The molecule has 0 fully saturated rings. The van der Waals surface area contributed by atoms with Gasteiger partial charge in [0.05, 0.1) is 16.6 Å². The molecule has 1 heterocycles. The number of carbonyl (C=O) groups is 1. The van der Waals surface area contributed by atoms with Crippen molar-refractivity contribution in [2.24, 2.45) is 0 Å². The van der Waals surface area contributed by atoms with Crippen LogP contribution in [0.15, 0.2) is 72.0 Å². The summed E-state index contributed by atoms with van der Waals surface area (Å²) in [4.78, 5) is 38.1. The third-order valence-corrected chi connectivity index (χ3v) is 4.71. The Bertz CT molecular complexity index is 1290. The summed E-state index contributed by atoms with van der Waals surface area (Å²) in [6.07, 6.45) is 1.52. The number of aromatic nitrogens is 2. The summed E-state index contributed by atoms with van der Waals surface area (Å²) in [5, 5.41) is 24.6. The van der Waals surface area contributed by atoms with E-state index in [1.807, 2.05) is 6.07 Å². The van der Waals surface area contributed by atoms with E-state index in [4.69, 9.17) is 5.26 Å². The highest BCUT2D eigenvalue weighted by atomic mass is 16.6. The largest absolute Gasteiger partial charge is 0.329 e. The van der Waals surface area contributed by atoms with Crippen LogP contribution in [0.3, 0.4) is 0 Å². The molecular weight excluding hydrogens is 410 g/mol. The number of nitriles is 1. The van der Waals surface area contributed by atoms with Crippen molar-refractivity contribution in [1.29, 1.82) is 5.26 Å². The van der Waals surface area contributed by atoms with Crippen molar-refractivity contribution in [3.8, 4) is 11.8 Å². The summed E-state index contributed by atoms with van der Waals surface area (Å²) in [5.74, 6) is -0.633. The molecule has 0 atom stereocenters. The van der Waals surface area contributed by atoms with Crippen molar-refractivity contribution in [2.75, 3.05) is 6.54 Å². The lowest BCUT2D eigenvalue weighted by Gasteiger charge is -2.21. The van der Waals surface area contributed by atoms with E-state index in [1.165, 1.54) is 39.9 Å². The number of hydrogen-bond donors (Lipinski definition) is 0. The van der Waals surface area contributed by atoms with Gasteiger partial charge in [-0.05, 0) is 30.7 Å². The summed E-state index contributed by atoms with van der Waals surface area (Å²) < 4.78 is 1.22. The fraction of sp³-hybridized carbons (Fsp3) is 0.130. The maximum absolute atomic E-state index is 13.2. The normalized spacial score (nSPS) is 10.2. The second-order valence-corrected chi connectivity index (χ2v) is 6.94. The van der Waals surface area contributed by atoms with Crippen molar-refractivity contribution in [1.82, 2.24) is 14.7 Å². The first-order chi connectivity index (χ1) is 15.3. The SMILES string of the molecule is C=CCN(Cc1ccc(C#N)cc1)C(=O)c1nn(-c2ccccc2[N+](=O)[O-])c(C)cc1=O. The molecule has 0 aliphatic rings. The fourth-order valence-corrected chi connectivity index (χ4v) is 3.17. The van der Waals surface area contributed by atoms with Gasteiger partial charge in [-0.25, -0.2) is 4.68 Å². The summed E-state index contributed by atoms with van der Waals surface area (Å²) in [5.41, 5.74) is 0.592. The quantitative estimate of drug-likeness (QED) is 0.323. The lowest BCUT2D eigenvalue weighted by molar-refractivity contribution is -0.384. The number of hydrogen-bond acceptors (Lipinski definition) is 6. The zero-order valence-corrected chi connectivity index (χ0v) is 17.3. The maximum Gasteiger partial charge on any atom is 0.294 e. The van der Waals surface area contributed by atoms with Gasteiger partial charge in [0.1, 0.15) is 5.69 Å². The van der Waals surface area contributed by atoms with Gasteiger partial charge in [0.2, 0.25) is 5.43 Å². The minimum absolute atomic E-state index is 0.145. The summed E-state index contributed by atoms with van der Waals surface area (Å²) in [6.45, 7) is 5.56. The Hall–Kier alpha value is -4.58. The van der Waals surface area contributed by atoms with Crippen LogP contribution in [0.2, 0.25) is 0 Å². The van der Waals surface area contributed by atoms with Crippen molar-refractivity contribution in [3.63, 3.8) is 0 Å². The van der Waals surface area contributed by atoms with Gasteiger partial charge in [0.25, 0.3) is 11.6 Å². The number of carbonyl (C=O) groups excluding carboxylic acids is 1. The molecule has 9 nitrogen and oxygen atoms in total. The van der Waals surface area contributed by atoms with E-state index >= 15 is 0 Å². The minimum Gasteiger partial charge on any atom is -0.329 e. The van der Waals surface area contributed by atoms with Crippen molar-refractivity contribution in [3.05, 3.63) is 110 Å². The summed E-state index contributed by atoms with van der Waals surface area (Å²) >= 11 is 0. The Balaban J connectivity index is 2.03. The number of nitro benzene ring substituents is 1. The van der Waals surface area contributed by atoms with Crippen molar-refractivity contribution in [2.45, 2.75) is 13.5 Å². The molecule has 0 saturated carbocycles. The number of amides is 1. The molecule has 9 heteroatoms. The van der Waals surface area contributed by atoms with E-state index in [9.17, 15) is 19.7 Å². The lowest BCUT2D eigenvalue weighted by atomic mass is 10.1. The first kappa shape index (κ1) is 22.1. The Morgan fingerprint density at radius 3 is 2.59 bits per heavy atom. The number of nitro groups is 1. The van der Waals surface area contributed by atoms with Crippen molar-refractivity contribution < 1.29 is 9.72 Å². The number of aryl methyl sites for hydroxylation is 1. The number of rotatable bonds is 7. The highest BCUT2D eigenvalue weighted by Gasteiger charge is 2.23. The topological polar surface area (TPSA) is 122 Å². The first-order valence-corrected chi connectivity index (χ1v) is 9.59. The molecule has 0 N–H and O–H groups in total. The van der Waals surface area contributed by atoms with Crippen LogP contribution in [0.5, 0.6) is 0 Å². The van der Waals surface area contributed by atoms with Gasteiger partial charge in [0.15, 0.2) is 5.69 Å². The monoisotopic (exact) mass is 429 g/mol. The second kappa shape index (κ2) is 9.49. The van der Waals surface area contributed by atoms with E-state index in [0.717, 1.165) is 5.56 Å². The molecule has 160 valence electrons. The molecule has 2 aromatic carbocycles. The van der Waals surface area contributed by atoms with Gasteiger partial charge < -0.3 is 4.90 Å². The van der Waals surface area contributed by atoms with E-state index in [0.29, 0.717) is 11.3 Å². The Morgan fingerprint density at radius 1 is 1.28 bits per heavy atom. The highest BCUT2D eigenvalue weighted by Crippen LogP contribution is 2.22. The van der Waals surface area contributed by atoms with E-state index in [2.05, 4.69) is 11.7 Å². The van der Waals surface area contributed by atoms with Crippen LogP contribution in [0.25, 0.3) is 5.69 Å². The van der Waals surface area contributed by atoms with Gasteiger partial charge in [-0.1, -0.05) is 30.3 Å². The number of para-hydroxylation sites is 2. The van der Waals surface area contributed by atoms with Gasteiger partial charge in [-0.2, -0.15) is 10.4 Å². The Labute approximate surface area is 183 Å². The molecule has 0 bridgehead atoms. The Kier molecular flexibility index (Phi) is 6.56. The maximum atomic E-state index is 13.2. The van der Waals surface area contributed by atoms with Crippen LogP contribution in [-0.4, -0.2) is 32.1 Å². The van der Waals surface area contributed by atoms with Gasteiger partial charge >= 0.3 is 0 Å². The van der Waals surface area contributed by atoms with Crippen molar-refractivity contribution >= 4 is 11.6 Å². The molecule has 32 heavy (non-hydrogen) atoms. The standard InChI is InChI=1S/C23H19N5O4/c1-3-12-26(15-18-10-8-17(14-24)9-11-18)23(30)22-21(29)13-16(2)27(25-22)19-6-4-5-7-20(19)28(31)32/h3-11,13H,1,12,15H2,2H3. The van der Waals surface area contributed by atoms with Gasteiger partial charge in [-0.15, -0.1) is 6.58 Å². The number of nitrogens with zero attached hydrogens (tertiary/aromatic N) is 5.